The minimum atomic E-state index is 0.770. The molecule has 1 heterocycles. The number of aliphatic imine (C=N–C) groups is 1. The second-order valence-electron chi connectivity index (χ2n) is 4.31. The van der Waals surface area contributed by atoms with Gasteiger partial charge in [-0.2, -0.15) is 0 Å². The van der Waals surface area contributed by atoms with Gasteiger partial charge in [0.15, 0.2) is 5.96 Å². The predicted molar refractivity (Wildman–Crippen MR) is 83.0 cm³/mol. The molecule has 2 N–H and O–H groups in total. The van der Waals surface area contributed by atoms with Crippen LogP contribution in [-0.4, -0.2) is 43.8 Å². The van der Waals surface area contributed by atoms with Crippen molar-refractivity contribution in [3.63, 3.8) is 0 Å². The van der Waals surface area contributed by atoms with Crippen molar-refractivity contribution in [2.24, 2.45) is 4.99 Å². The number of pyridine rings is 1. The molecule has 20 heavy (non-hydrogen) atoms. The molecule has 0 saturated carbocycles. The molecule has 0 aromatic carbocycles. The highest BCUT2D eigenvalue weighted by molar-refractivity contribution is 5.79. The standard InChI is InChI=1S/C15H26N4O/c1-3-16-15(18-11-7-13-20-4-2)19-12-9-14-8-5-6-10-17-14/h5-6,8,10H,3-4,7,9,11-13H2,1-2H3,(H2,16,18,19). The summed E-state index contributed by atoms with van der Waals surface area (Å²) in [5.41, 5.74) is 1.09. The van der Waals surface area contributed by atoms with Crippen molar-refractivity contribution in [1.82, 2.24) is 15.6 Å². The number of ether oxygens (including phenoxy) is 1. The molecule has 1 aromatic rings. The Hall–Kier alpha value is -1.62. The summed E-state index contributed by atoms with van der Waals surface area (Å²) in [6.07, 6.45) is 3.66. The maximum absolute atomic E-state index is 5.30. The van der Waals surface area contributed by atoms with Gasteiger partial charge in [0, 0.05) is 51.2 Å². The fourth-order valence-corrected chi connectivity index (χ4v) is 1.70. The molecule has 1 rings (SSSR count). The lowest BCUT2D eigenvalue weighted by Crippen LogP contribution is -2.38. The van der Waals surface area contributed by atoms with Crippen LogP contribution in [-0.2, 0) is 11.2 Å². The van der Waals surface area contributed by atoms with Crippen LogP contribution in [0.5, 0.6) is 0 Å². The zero-order valence-electron chi connectivity index (χ0n) is 12.6. The quantitative estimate of drug-likeness (QED) is 0.409. The highest BCUT2D eigenvalue weighted by atomic mass is 16.5. The van der Waals surface area contributed by atoms with Crippen molar-refractivity contribution in [3.8, 4) is 0 Å². The number of hydrogen-bond donors (Lipinski definition) is 2. The normalized spacial score (nSPS) is 11.4. The van der Waals surface area contributed by atoms with Gasteiger partial charge in [0.25, 0.3) is 0 Å². The first-order valence-corrected chi connectivity index (χ1v) is 7.36. The van der Waals surface area contributed by atoms with Gasteiger partial charge in [0.2, 0.25) is 0 Å². The number of hydrogen-bond acceptors (Lipinski definition) is 3. The Morgan fingerprint density at radius 2 is 2.20 bits per heavy atom. The van der Waals surface area contributed by atoms with E-state index in [0.717, 1.165) is 57.3 Å². The third-order valence-corrected chi connectivity index (χ3v) is 2.66. The van der Waals surface area contributed by atoms with E-state index in [0.29, 0.717) is 0 Å². The molecule has 1 aromatic heterocycles. The number of aromatic nitrogens is 1. The van der Waals surface area contributed by atoms with Crippen LogP contribution in [0.25, 0.3) is 0 Å². The maximum Gasteiger partial charge on any atom is 0.191 e. The summed E-state index contributed by atoms with van der Waals surface area (Å²) < 4.78 is 5.30. The second kappa shape index (κ2) is 11.2. The van der Waals surface area contributed by atoms with E-state index in [9.17, 15) is 0 Å². The Labute approximate surface area is 121 Å². The van der Waals surface area contributed by atoms with Gasteiger partial charge in [-0.25, -0.2) is 0 Å². The van der Waals surface area contributed by atoms with Gasteiger partial charge >= 0.3 is 0 Å². The summed E-state index contributed by atoms with van der Waals surface area (Å²) >= 11 is 0. The predicted octanol–water partition coefficient (Wildman–Crippen LogP) is 1.61. The third kappa shape index (κ3) is 7.74. The summed E-state index contributed by atoms with van der Waals surface area (Å²) in [5, 5.41) is 6.56. The van der Waals surface area contributed by atoms with E-state index >= 15 is 0 Å². The molecule has 0 atom stereocenters. The molecular formula is C15H26N4O. The first kappa shape index (κ1) is 16.4. The summed E-state index contributed by atoms with van der Waals surface area (Å²) in [4.78, 5) is 8.81. The lowest BCUT2D eigenvalue weighted by Gasteiger charge is -2.11. The maximum atomic E-state index is 5.30. The van der Waals surface area contributed by atoms with E-state index in [1.54, 1.807) is 0 Å². The Morgan fingerprint density at radius 1 is 1.30 bits per heavy atom. The fraction of sp³-hybridized carbons (Fsp3) is 0.600. The molecule has 0 fully saturated rings. The van der Waals surface area contributed by atoms with Crippen molar-refractivity contribution in [3.05, 3.63) is 30.1 Å². The van der Waals surface area contributed by atoms with Crippen LogP contribution in [0.2, 0.25) is 0 Å². The van der Waals surface area contributed by atoms with Gasteiger partial charge in [-0.05, 0) is 32.4 Å². The number of nitrogens with zero attached hydrogens (tertiary/aromatic N) is 2. The SMILES string of the molecule is CCNC(=NCCCOCC)NCCc1ccccn1. The third-order valence-electron chi connectivity index (χ3n) is 2.66. The molecular weight excluding hydrogens is 252 g/mol. The summed E-state index contributed by atoms with van der Waals surface area (Å²) in [6.45, 7) is 8.08. The van der Waals surface area contributed by atoms with Gasteiger partial charge in [0.05, 0.1) is 0 Å². The first-order valence-electron chi connectivity index (χ1n) is 7.36. The van der Waals surface area contributed by atoms with Crippen molar-refractivity contribution in [2.75, 3.05) is 32.8 Å². The van der Waals surface area contributed by atoms with E-state index in [4.69, 9.17) is 4.74 Å². The van der Waals surface area contributed by atoms with Crippen LogP contribution in [0, 0.1) is 0 Å². The van der Waals surface area contributed by atoms with Crippen LogP contribution in [0.1, 0.15) is 26.0 Å². The Kier molecular flexibility index (Phi) is 9.23. The van der Waals surface area contributed by atoms with E-state index in [-0.39, 0.29) is 0 Å². The van der Waals surface area contributed by atoms with E-state index in [2.05, 4.69) is 27.5 Å². The molecule has 5 heteroatoms. The lowest BCUT2D eigenvalue weighted by atomic mass is 10.3. The topological polar surface area (TPSA) is 58.5 Å². The molecule has 0 spiro atoms. The molecule has 0 aliphatic heterocycles. The van der Waals surface area contributed by atoms with Crippen molar-refractivity contribution >= 4 is 5.96 Å². The minimum Gasteiger partial charge on any atom is -0.382 e. The summed E-state index contributed by atoms with van der Waals surface area (Å²) in [6, 6.07) is 5.98. The zero-order chi connectivity index (χ0) is 14.5. The Morgan fingerprint density at radius 3 is 2.90 bits per heavy atom. The number of nitrogens with one attached hydrogen (secondary N) is 2. The molecule has 0 saturated heterocycles. The zero-order valence-corrected chi connectivity index (χ0v) is 12.6. The highest BCUT2D eigenvalue weighted by Crippen LogP contribution is 1.93. The molecule has 0 aliphatic rings. The van der Waals surface area contributed by atoms with E-state index in [1.807, 2.05) is 31.3 Å². The fourth-order valence-electron chi connectivity index (χ4n) is 1.70. The minimum absolute atomic E-state index is 0.770. The molecule has 0 amide bonds. The summed E-state index contributed by atoms with van der Waals surface area (Å²) in [5.74, 6) is 0.861. The van der Waals surface area contributed by atoms with E-state index in [1.165, 1.54) is 0 Å². The Balaban J connectivity index is 2.25. The molecule has 0 aliphatic carbocycles. The van der Waals surface area contributed by atoms with E-state index < -0.39 is 0 Å². The van der Waals surface area contributed by atoms with Gasteiger partial charge < -0.3 is 15.4 Å². The van der Waals surface area contributed by atoms with Gasteiger partial charge in [-0.1, -0.05) is 6.07 Å². The average molecular weight is 278 g/mol. The van der Waals surface area contributed by atoms with Gasteiger partial charge in [0.1, 0.15) is 0 Å². The monoisotopic (exact) mass is 278 g/mol. The van der Waals surface area contributed by atoms with Crippen molar-refractivity contribution in [2.45, 2.75) is 26.7 Å². The van der Waals surface area contributed by atoms with Crippen LogP contribution in [0.15, 0.2) is 29.4 Å². The number of rotatable bonds is 9. The second-order valence-corrected chi connectivity index (χ2v) is 4.31. The molecule has 0 unspecified atom stereocenters. The molecule has 5 nitrogen and oxygen atoms in total. The van der Waals surface area contributed by atoms with Gasteiger partial charge in [-0.3, -0.25) is 9.98 Å². The van der Waals surface area contributed by atoms with Crippen LogP contribution in [0.4, 0.5) is 0 Å². The van der Waals surface area contributed by atoms with Crippen LogP contribution >= 0.6 is 0 Å². The van der Waals surface area contributed by atoms with Gasteiger partial charge in [-0.15, -0.1) is 0 Å². The largest absolute Gasteiger partial charge is 0.382 e. The van der Waals surface area contributed by atoms with Crippen LogP contribution in [0.3, 0.4) is 0 Å². The highest BCUT2D eigenvalue weighted by Gasteiger charge is 1.97. The van der Waals surface area contributed by atoms with Crippen LogP contribution < -0.4 is 10.6 Å². The van der Waals surface area contributed by atoms with Crippen molar-refractivity contribution in [1.29, 1.82) is 0 Å². The Bertz CT molecular complexity index is 367. The molecule has 0 radical (unpaired) electrons. The molecule has 112 valence electrons. The first-order chi connectivity index (χ1) is 9.86. The summed E-state index contributed by atoms with van der Waals surface area (Å²) in [7, 11) is 0. The molecule has 0 bridgehead atoms. The number of guanidine groups is 1. The van der Waals surface area contributed by atoms with Crippen molar-refractivity contribution < 1.29 is 4.74 Å². The lowest BCUT2D eigenvalue weighted by molar-refractivity contribution is 0.146. The average Bonchev–Trinajstić information content (AvgIpc) is 2.48. The smallest absolute Gasteiger partial charge is 0.191 e.